The maximum absolute atomic E-state index is 12.0. The summed E-state index contributed by atoms with van der Waals surface area (Å²) in [6, 6.07) is 0. The van der Waals surface area contributed by atoms with Gasteiger partial charge in [0.25, 0.3) is 0 Å². The molecule has 0 aromatic heterocycles. The van der Waals surface area contributed by atoms with Crippen molar-refractivity contribution in [3.05, 3.63) is 0 Å². The van der Waals surface area contributed by atoms with E-state index in [-0.39, 0.29) is 12.1 Å². The highest BCUT2D eigenvalue weighted by atomic mass is 16.5. The monoisotopic (exact) mass is 245 g/mol. The maximum atomic E-state index is 12.0. The highest BCUT2D eigenvalue weighted by Crippen LogP contribution is 2.31. The van der Waals surface area contributed by atoms with Crippen LogP contribution in [0.25, 0.3) is 0 Å². The summed E-state index contributed by atoms with van der Waals surface area (Å²) in [6.45, 7) is 1.18. The molecule has 1 aliphatic rings. The van der Waals surface area contributed by atoms with Crippen LogP contribution in [0.3, 0.4) is 0 Å². The third kappa shape index (κ3) is 3.18. The molecule has 0 saturated heterocycles. The van der Waals surface area contributed by atoms with E-state index in [1.165, 1.54) is 7.11 Å². The van der Waals surface area contributed by atoms with Gasteiger partial charge in [0.05, 0.1) is 19.8 Å². The van der Waals surface area contributed by atoms with E-state index in [4.69, 9.17) is 14.2 Å². The lowest BCUT2D eigenvalue weighted by Gasteiger charge is -2.41. The first kappa shape index (κ1) is 14.4. The van der Waals surface area contributed by atoms with Crippen molar-refractivity contribution < 1.29 is 19.0 Å². The Bertz CT molecular complexity index is 247. The summed E-state index contributed by atoms with van der Waals surface area (Å²) < 4.78 is 15.4. The van der Waals surface area contributed by atoms with E-state index in [2.05, 4.69) is 5.32 Å². The molecule has 0 radical (unpaired) electrons. The average molecular weight is 245 g/mol. The lowest BCUT2D eigenvalue weighted by Crippen LogP contribution is -2.63. The Balaban J connectivity index is 2.78. The minimum Gasteiger partial charge on any atom is -0.468 e. The standard InChI is InChI=1S/C12H23NO4/c1-15-9-8-13-12(11(14)17-3)7-5-4-6-10(12)16-2/h10,13H,4-9H2,1-3H3. The first-order valence-electron chi connectivity index (χ1n) is 6.06. The van der Waals surface area contributed by atoms with E-state index in [0.29, 0.717) is 13.2 Å². The van der Waals surface area contributed by atoms with Crippen molar-refractivity contribution >= 4 is 5.97 Å². The van der Waals surface area contributed by atoms with Gasteiger partial charge in [-0.15, -0.1) is 0 Å². The predicted octanol–water partition coefficient (Wildman–Crippen LogP) is 0.723. The van der Waals surface area contributed by atoms with Crippen LogP contribution in [0.5, 0.6) is 0 Å². The molecule has 5 nitrogen and oxygen atoms in total. The molecule has 0 aliphatic heterocycles. The molecule has 1 aliphatic carbocycles. The Hall–Kier alpha value is -0.650. The maximum Gasteiger partial charge on any atom is 0.328 e. The smallest absolute Gasteiger partial charge is 0.328 e. The van der Waals surface area contributed by atoms with Crippen molar-refractivity contribution in [2.45, 2.75) is 37.3 Å². The first-order chi connectivity index (χ1) is 8.21. The summed E-state index contributed by atoms with van der Waals surface area (Å²) in [7, 11) is 4.70. The molecule has 0 bridgehead atoms. The van der Waals surface area contributed by atoms with Gasteiger partial charge in [0.15, 0.2) is 0 Å². The number of nitrogens with one attached hydrogen (secondary N) is 1. The molecular weight excluding hydrogens is 222 g/mol. The first-order valence-corrected chi connectivity index (χ1v) is 6.06. The quantitative estimate of drug-likeness (QED) is 0.552. The van der Waals surface area contributed by atoms with E-state index < -0.39 is 5.54 Å². The topological polar surface area (TPSA) is 56.8 Å². The summed E-state index contributed by atoms with van der Waals surface area (Å²) in [5.41, 5.74) is -0.708. The lowest BCUT2D eigenvalue weighted by atomic mass is 9.79. The molecule has 5 heteroatoms. The van der Waals surface area contributed by atoms with Crippen molar-refractivity contribution in [2.75, 3.05) is 34.5 Å². The van der Waals surface area contributed by atoms with Gasteiger partial charge in [0, 0.05) is 20.8 Å². The number of carbonyl (C=O) groups excluding carboxylic acids is 1. The second-order valence-corrected chi connectivity index (χ2v) is 4.35. The zero-order valence-corrected chi connectivity index (χ0v) is 11.0. The van der Waals surface area contributed by atoms with E-state index >= 15 is 0 Å². The van der Waals surface area contributed by atoms with Crippen LogP contribution in [-0.4, -0.2) is 52.1 Å². The van der Waals surface area contributed by atoms with Gasteiger partial charge in [-0.25, -0.2) is 4.79 Å². The minimum atomic E-state index is -0.708. The van der Waals surface area contributed by atoms with Gasteiger partial charge in [-0.1, -0.05) is 12.8 Å². The Morgan fingerprint density at radius 2 is 2.12 bits per heavy atom. The van der Waals surface area contributed by atoms with Gasteiger partial charge in [-0.05, 0) is 12.8 Å². The highest BCUT2D eigenvalue weighted by molar-refractivity contribution is 5.81. The van der Waals surface area contributed by atoms with Gasteiger partial charge in [0.2, 0.25) is 0 Å². The number of hydrogen-bond donors (Lipinski definition) is 1. The molecule has 1 fully saturated rings. The van der Waals surface area contributed by atoms with Gasteiger partial charge in [0.1, 0.15) is 5.54 Å². The minimum absolute atomic E-state index is 0.124. The van der Waals surface area contributed by atoms with Crippen LogP contribution in [0.1, 0.15) is 25.7 Å². The van der Waals surface area contributed by atoms with E-state index in [0.717, 1.165) is 25.7 Å². The second-order valence-electron chi connectivity index (χ2n) is 4.35. The Morgan fingerprint density at radius 1 is 1.35 bits per heavy atom. The molecule has 0 heterocycles. The summed E-state index contributed by atoms with van der Waals surface area (Å²) in [4.78, 5) is 12.0. The van der Waals surface area contributed by atoms with E-state index in [9.17, 15) is 4.79 Å². The molecular formula is C12H23NO4. The third-order valence-corrected chi connectivity index (χ3v) is 3.42. The summed E-state index contributed by atoms with van der Waals surface area (Å²) in [6.07, 6.45) is 3.60. The number of esters is 1. The van der Waals surface area contributed by atoms with Gasteiger partial charge in [-0.3, -0.25) is 5.32 Å². The number of ether oxygens (including phenoxy) is 3. The molecule has 0 spiro atoms. The normalized spacial score (nSPS) is 29.0. The molecule has 1 saturated carbocycles. The summed E-state index contributed by atoms with van der Waals surface area (Å²) in [5.74, 6) is -0.236. The van der Waals surface area contributed by atoms with E-state index in [1.54, 1.807) is 14.2 Å². The largest absolute Gasteiger partial charge is 0.468 e. The fourth-order valence-electron chi connectivity index (χ4n) is 2.53. The Labute approximate surface area is 103 Å². The van der Waals surface area contributed by atoms with Gasteiger partial charge in [-0.2, -0.15) is 0 Å². The Kier molecular flexibility index (Phi) is 5.88. The number of methoxy groups -OCH3 is 3. The zero-order chi connectivity index (χ0) is 12.7. The molecule has 17 heavy (non-hydrogen) atoms. The van der Waals surface area contributed by atoms with E-state index in [1.807, 2.05) is 0 Å². The Morgan fingerprint density at radius 3 is 2.71 bits per heavy atom. The molecule has 1 rings (SSSR count). The zero-order valence-electron chi connectivity index (χ0n) is 11.0. The van der Waals surface area contributed by atoms with Crippen molar-refractivity contribution in [3.63, 3.8) is 0 Å². The second kappa shape index (κ2) is 6.93. The molecule has 0 aromatic rings. The third-order valence-electron chi connectivity index (χ3n) is 3.42. The summed E-state index contributed by atoms with van der Waals surface area (Å²) >= 11 is 0. The van der Waals surface area contributed by atoms with Crippen molar-refractivity contribution in [1.82, 2.24) is 5.32 Å². The molecule has 0 aromatic carbocycles. The average Bonchev–Trinajstić information content (AvgIpc) is 2.38. The highest BCUT2D eigenvalue weighted by Gasteiger charge is 2.48. The van der Waals surface area contributed by atoms with Crippen LogP contribution in [0, 0.1) is 0 Å². The van der Waals surface area contributed by atoms with Crippen LogP contribution in [0.4, 0.5) is 0 Å². The number of rotatable bonds is 6. The number of hydrogen-bond acceptors (Lipinski definition) is 5. The molecule has 2 unspecified atom stereocenters. The fraction of sp³-hybridized carbons (Fsp3) is 0.917. The summed E-state index contributed by atoms with van der Waals surface area (Å²) in [5, 5.41) is 3.26. The van der Waals surface area contributed by atoms with Crippen LogP contribution < -0.4 is 5.32 Å². The van der Waals surface area contributed by atoms with Crippen molar-refractivity contribution in [1.29, 1.82) is 0 Å². The predicted molar refractivity (Wildman–Crippen MR) is 63.9 cm³/mol. The lowest BCUT2D eigenvalue weighted by molar-refractivity contribution is -0.158. The molecule has 1 N–H and O–H groups in total. The van der Waals surface area contributed by atoms with Crippen molar-refractivity contribution in [2.24, 2.45) is 0 Å². The fourth-order valence-corrected chi connectivity index (χ4v) is 2.53. The molecule has 100 valence electrons. The van der Waals surface area contributed by atoms with Gasteiger partial charge >= 0.3 is 5.97 Å². The van der Waals surface area contributed by atoms with Crippen LogP contribution in [0.2, 0.25) is 0 Å². The van der Waals surface area contributed by atoms with Crippen LogP contribution in [-0.2, 0) is 19.0 Å². The molecule has 0 amide bonds. The molecule has 2 atom stereocenters. The van der Waals surface area contributed by atoms with Gasteiger partial charge < -0.3 is 14.2 Å². The van der Waals surface area contributed by atoms with Crippen molar-refractivity contribution in [3.8, 4) is 0 Å². The number of carbonyl (C=O) groups is 1. The SMILES string of the molecule is COCCNC1(C(=O)OC)CCCCC1OC. The van der Waals surface area contributed by atoms with Crippen LogP contribution in [0.15, 0.2) is 0 Å². The van der Waals surface area contributed by atoms with Crippen LogP contribution >= 0.6 is 0 Å².